The normalized spacial score (nSPS) is 15.6. The van der Waals surface area contributed by atoms with Gasteiger partial charge in [0.2, 0.25) is 5.88 Å². The molecular weight excluding hydrogens is 362 g/mol. The summed E-state index contributed by atoms with van der Waals surface area (Å²) in [6.07, 6.45) is 0.780. The molecule has 0 saturated carbocycles. The lowest BCUT2D eigenvalue weighted by molar-refractivity contribution is 0.0795. The van der Waals surface area contributed by atoms with Crippen LogP contribution in [0, 0.1) is 0 Å². The van der Waals surface area contributed by atoms with Crippen molar-refractivity contribution in [3.8, 4) is 5.88 Å². The van der Waals surface area contributed by atoms with Crippen molar-refractivity contribution in [3.63, 3.8) is 0 Å². The van der Waals surface area contributed by atoms with Crippen LogP contribution < -0.4 is 15.4 Å². The molecule has 1 aliphatic rings. The molecular formula is C16H20F2N6OS. The van der Waals surface area contributed by atoms with Crippen LogP contribution in [0.5, 0.6) is 5.88 Å². The molecule has 3 heterocycles. The van der Waals surface area contributed by atoms with Crippen molar-refractivity contribution < 1.29 is 13.5 Å². The van der Waals surface area contributed by atoms with Crippen molar-refractivity contribution >= 4 is 22.4 Å². The molecule has 0 unspecified atom stereocenters. The summed E-state index contributed by atoms with van der Waals surface area (Å²) in [6.45, 7) is 2.88. The number of pyridine rings is 1. The SMILES string of the molecule is NC(=NCc1ccnc(OCC(F)F)c1)N1CCN(c2nccs2)CC1. The highest BCUT2D eigenvalue weighted by atomic mass is 32.1. The summed E-state index contributed by atoms with van der Waals surface area (Å²) >= 11 is 1.62. The first kappa shape index (κ1) is 18.3. The van der Waals surface area contributed by atoms with Crippen LogP contribution in [-0.2, 0) is 6.54 Å². The summed E-state index contributed by atoms with van der Waals surface area (Å²) in [6, 6.07) is 3.35. The summed E-state index contributed by atoms with van der Waals surface area (Å²) in [5.74, 6) is 0.629. The number of nitrogens with two attached hydrogens (primary N) is 1. The van der Waals surface area contributed by atoms with Crippen molar-refractivity contribution in [1.29, 1.82) is 0 Å². The molecule has 26 heavy (non-hydrogen) atoms. The lowest BCUT2D eigenvalue weighted by atomic mass is 10.3. The smallest absolute Gasteiger partial charge is 0.272 e. The third-order valence-electron chi connectivity index (χ3n) is 3.87. The molecule has 2 aromatic rings. The molecule has 140 valence electrons. The van der Waals surface area contributed by atoms with E-state index in [-0.39, 0.29) is 5.88 Å². The van der Waals surface area contributed by atoms with Gasteiger partial charge in [-0.3, -0.25) is 0 Å². The average Bonchev–Trinajstić information content (AvgIpc) is 3.20. The largest absolute Gasteiger partial charge is 0.472 e. The predicted molar refractivity (Wildman–Crippen MR) is 97.0 cm³/mol. The van der Waals surface area contributed by atoms with Crippen LogP contribution >= 0.6 is 11.3 Å². The standard InChI is InChI=1S/C16H20F2N6OS/c17-13(18)11-25-14-9-12(1-2-20-14)10-22-15(19)23-4-6-24(7-5-23)16-21-3-8-26-16/h1-3,8-9,13H,4-7,10-11H2,(H2,19,22). The fraction of sp³-hybridized carbons (Fsp3) is 0.438. The number of anilines is 1. The second-order valence-corrected chi connectivity index (χ2v) is 6.54. The van der Waals surface area contributed by atoms with Gasteiger partial charge in [0.15, 0.2) is 17.7 Å². The van der Waals surface area contributed by atoms with Gasteiger partial charge in [-0.25, -0.2) is 23.7 Å². The molecule has 2 N–H and O–H groups in total. The van der Waals surface area contributed by atoms with E-state index in [1.165, 1.54) is 6.20 Å². The number of aliphatic imine (C=N–C) groups is 1. The Hall–Kier alpha value is -2.49. The third kappa shape index (κ3) is 5.01. The fourth-order valence-corrected chi connectivity index (χ4v) is 3.24. The van der Waals surface area contributed by atoms with Gasteiger partial charge in [-0.1, -0.05) is 0 Å². The number of guanidine groups is 1. The Morgan fingerprint density at radius 3 is 2.77 bits per heavy atom. The molecule has 0 bridgehead atoms. The van der Waals surface area contributed by atoms with E-state index in [1.807, 2.05) is 10.3 Å². The Kier molecular flexibility index (Phi) is 6.16. The molecule has 10 heteroatoms. The van der Waals surface area contributed by atoms with Crippen molar-refractivity contribution in [2.24, 2.45) is 10.7 Å². The van der Waals surface area contributed by atoms with Crippen LogP contribution in [-0.4, -0.2) is 60.0 Å². The highest BCUT2D eigenvalue weighted by Crippen LogP contribution is 2.19. The first-order chi connectivity index (χ1) is 12.6. The summed E-state index contributed by atoms with van der Waals surface area (Å²) in [7, 11) is 0. The zero-order valence-electron chi connectivity index (χ0n) is 14.1. The first-order valence-electron chi connectivity index (χ1n) is 8.17. The maximum Gasteiger partial charge on any atom is 0.272 e. The summed E-state index contributed by atoms with van der Waals surface area (Å²) < 4.78 is 29.3. The summed E-state index contributed by atoms with van der Waals surface area (Å²) in [5, 5.41) is 2.99. The number of thiazole rings is 1. The molecule has 0 radical (unpaired) electrons. The van der Waals surface area contributed by atoms with E-state index in [4.69, 9.17) is 10.5 Å². The quantitative estimate of drug-likeness (QED) is 0.606. The van der Waals surface area contributed by atoms with Crippen molar-refractivity contribution in [2.75, 3.05) is 37.7 Å². The molecule has 0 aliphatic carbocycles. The van der Waals surface area contributed by atoms with E-state index in [2.05, 4.69) is 19.9 Å². The molecule has 0 atom stereocenters. The number of aromatic nitrogens is 2. The Morgan fingerprint density at radius 1 is 1.27 bits per heavy atom. The minimum atomic E-state index is -2.53. The number of hydrogen-bond acceptors (Lipinski definition) is 6. The number of nitrogens with zero attached hydrogens (tertiary/aromatic N) is 5. The zero-order valence-corrected chi connectivity index (χ0v) is 14.9. The number of rotatable bonds is 6. The van der Waals surface area contributed by atoms with Crippen molar-refractivity contribution in [2.45, 2.75) is 13.0 Å². The van der Waals surface area contributed by atoms with E-state index in [0.717, 1.165) is 36.9 Å². The van der Waals surface area contributed by atoms with Gasteiger partial charge in [0.1, 0.15) is 0 Å². The number of piperazine rings is 1. The molecule has 0 aromatic carbocycles. The van der Waals surface area contributed by atoms with Crippen molar-refractivity contribution in [1.82, 2.24) is 14.9 Å². The maximum atomic E-state index is 12.2. The van der Waals surface area contributed by atoms with Gasteiger partial charge in [-0.05, 0) is 11.6 Å². The summed E-state index contributed by atoms with van der Waals surface area (Å²) in [4.78, 5) is 16.9. The van der Waals surface area contributed by atoms with Crippen LogP contribution in [0.4, 0.5) is 13.9 Å². The lowest BCUT2D eigenvalue weighted by Gasteiger charge is -2.35. The Morgan fingerprint density at radius 2 is 2.08 bits per heavy atom. The summed E-state index contributed by atoms with van der Waals surface area (Å²) in [5.41, 5.74) is 6.89. The molecule has 3 rings (SSSR count). The lowest BCUT2D eigenvalue weighted by Crippen LogP contribution is -2.51. The monoisotopic (exact) mass is 382 g/mol. The Bertz CT molecular complexity index is 719. The molecule has 1 fully saturated rings. The Labute approximate surface area is 154 Å². The molecule has 0 spiro atoms. The zero-order chi connectivity index (χ0) is 18.4. The second kappa shape index (κ2) is 8.75. The van der Waals surface area contributed by atoms with Crippen molar-refractivity contribution in [3.05, 3.63) is 35.5 Å². The van der Waals surface area contributed by atoms with Crippen LogP contribution in [0.25, 0.3) is 0 Å². The average molecular weight is 382 g/mol. The van der Waals surface area contributed by atoms with Crippen LogP contribution in [0.2, 0.25) is 0 Å². The minimum Gasteiger partial charge on any atom is -0.472 e. The highest BCUT2D eigenvalue weighted by Gasteiger charge is 2.19. The van der Waals surface area contributed by atoms with E-state index in [0.29, 0.717) is 12.5 Å². The maximum absolute atomic E-state index is 12.2. The van der Waals surface area contributed by atoms with Gasteiger partial charge >= 0.3 is 0 Å². The minimum absolute atomic E-state index is 0.161. The number of alkyl halides is 2. The fourth-order valence-electron chi connectivity index (χ4n) is 2.55. The van der Waals surface area contributed by atoms with Gasteiger partial charge in [-0.15, -0.1) is 11.3 Å². The van der Waals surface area contributed by atoms with Gasteiger partial charge in [0.25, 0.3) is 6.43 Å². The van der Waals surface area contributed by atoms with E-state index in [1.54, 1.807) is 29.7 Å². The van der Waals surface area contributed by atoms with Gasteiger partial charge in [0.05, 0.1) is 6.54 Å². The van der Waals surface area contributed by atoms with Crippen LogP contribution in [0.3, 0.4) is 0 Å². The first-order valence-corrected chi connectivity index (χ1v) is 9.05. The molecule has 0 amide bonds. The molecule has 2 aromatic heterocycles. The predicted octanol–water partition coefficient (Wildman–Crippen LogP) is 1.82. The Balaban J connectivity index is 1.51. The number of halogens is 2. The van der Waals surface area contributed by atoms with E-state index >= 15 is 0 Å². The third-order valence-corrected chi connectivity index (χ3v) is 4.71. The van der Waals surface area contributed by atoms with Crippen LogP contribution in [0.15, 0.2) is 34.9 Å². The topological polar surface area (TPSA) is 79.9 Å². The number of ether oxygens (including phenoxy) is 1. The second-order valence-electron chi connectivity index (χ2n) is 5.67. The molecule has 7 nitrogen and oxygen atoms in total. The van der Waals surface area contributed by atoms with Gasteiger partial charge < -0.3 is 20.3 Å². The molecule has 1 aliphatic heterocycles. The van der Waals surface area contributed by atoms with E-state index < -0.39 is 13.0 Å². The number of hydrogen-bond donors (Lipinski definition) is 1. The van der Waals surface area contributed by atoms with Gasteiger partial charge in [-0.2, -0.15) is 0 Å². The van der Waals surface area contributed by atoms with E-state index in [9.17, 15) is 8.78 Å². The highest BCUT2D eigenvalue weighted by molar-refractivity contribution is 7.13. The van der Waals surface area contributed by atoms with Crippen LogP contribution in [0.1, 0.15) is 5.56 Å². The molecule has 1 saturated heterocycles. The van der Waals surface area contributed by atoms with Gasteiger partial charge in [0, 0.05) is 50.0 Å².